The van der Waals surface area contributed by atoms with Crippen molar-refractivity contribution in [1.82, 2.24) is 19.9 Å². The quantitative estimate of drug-likeness (QED) is 0.739. The predicted molar refractivity (Wildman–Crippen MR) is 68.8 cm³/mol. The molecule has 0 unspecified atom stereocenters. The van der Waals surface area contributed by atoms with Crippen molar-refractivity contribution in [3.05, 3.63) is 11.4 Å². The Morgan fingerprint density at radius 2 is 2.00 bits per heavy atom. The van der Waals surface area contributed by atoms with Crippen molar-refractivity contribution in [2.24, 2.45) is 0 Å². The normalized spacial score (nSPS) is 11.0. The zero-order valence-electron chi connectivity index (χ0n) is 12.3. The van der Waals surface area contributed by atoms with Gasteiger partial charge in [0, 0.05) is 13.1 Å². The molecule has 7 nitrogen and oxygen atoms in total. The molecular formula is C12H18F2N4O3. The summed E-state index contributed by atoms with van der Waals surface area (Å²) in [6, 6.07) is -0.0828. The van der Waals surface area contributed by atoms with Crippen LogP contribution in [0.2, 0.25) is 0 Å². The highest BCUT2D eigenvalue weighted by molar-refractivity contribution is 5.88. The van der Waals surface area contributed by atoms with Crippen molar-refractivity contribution < 1.29 is 23.1 Å². The Morgan fingerprint density at radius 3 is 2.48 bits per heavy atom. The molecule has 1 aromatic rings. The average Bonchev–Trinajstić information content (AvgIpc) is 2.81. The predicted octanol–water partition coefficient (Wildman–Crippen LogP) is 1.26. The summed E-state index contributed by atoms with van der Waals surface area (Å²) >= 11 is 0. The number of carbonyl (C=O) groups is 2. The van der Waals surface area contributed by atoms with Crippen molar-refractivity contribution in [3.8, 4) is 0 Å². The van der Waals surface area contributed by atoms with Crippen LogP contribution in [-0.4, -0.2) is 51.5 Å². The molecular weight excluding hydrogens is 286 g/mol. The fourth-order valence-electron chi connectivity index (χ4n) is 1.53. The highest BCUT2D eigenvalue weighted by Gasteiger charge is 2.29. The number of likely N-dealkylation sites (N-methyl/N-ethyl adjacent to an activating group) is 1. The van der Waals surface area contributed by atoms with Crippen LogP contribution in [0.3, 0.4) is 0 Å². The van der Waals surface area contributed by atoms with Crippen LogP contribution in [0.15, 0.2) is 0 Å². The molecule has 1 amide bonds. The van der Waals surface area contributed by atoms with Gasteiger partial charge in [-0.15, -0.1) is 5.10 Å². The summed E-state index contributed by atoms with van der Waals surface area (Å²) in [6.07, 6.45) is -2.99. The molecule has 1 heterocycles. The molecule has 0 atom stereocenters. The van der Waals surface area contributed by atoms with E-state index in [-0.39, 0.29) is 12.6 Å². The number of rotatable bonds is 6. The summed E-state index contributed by atoms with van der Waals surface area (Å²) in [5.74, 6) is -1.39. The van der Waals surface area contributed by atoms with Crippen LogP contribution in [0.25, 0.3) is 0 Å². The van der Waals surface area contributed by atoms with E-state index in [1.54, 1.807) is 27.8 Å². The van der Waals surface area contributed by atoms with Crippen molar-refractivity contribution in [3.63, 3.8) is 0 Å². The van der Waals surface area contributed by atoms with E-state index in [4.69, 9.17) is 0 Å². The molecule has 9 heteroatoms. The fraction of sp³-hybridized carbons (Fsp3) is 0.667. The van der Waals surface area contributed by atoms with Gasteiger partial charge < -0.3 is 9.64 Å². The van der Waals surface area contributed by atoms with E-state index in [1.807, 2.05) is 0 Å². The van der Waals surface area contributed by atoms with E-state index in [9.17, 15) is 18.4 Å². The number of nitrogens with zero attached hydrogens (tertiary/aromatic N) is 4. The Bertz CT molecular complexity index is 517. The summed E-state index contributed by atoms with van der Waals surface area (Å²) < 4.78 is 31.6. The Balaban J connectivity index is 3.03. The number of alkyl halides is 2. The summed E-state index contributed by atoms with van der Waals surface area (Å²) in [7, 11) is 1.55. The van der Waals surface area contributed by atoms with Gasteiger partial charge in [-0.25, -0.2) is 18.3 Å². The van der Waals surface area contributed by atoms with Gasteiger partial charge in [-0.3, -0.25) is 4.79 Å². The third kappa shape index (κ3) is 3.96. The standard InChI is InChI=1S/C12H18F2N4O3/c1-5-21-12(20)9-10(11(13)14)18(16-15-9)6-8(19)17(4)7(2)3/h7,11H,5-6H2,1-4H3. The minimum Gasteiger partial charge on any atom is -0.461 e. The SMILES string of the molecule is CCOC(=O)c1nnn(CC(=O)N(C)C(C)C)c1C(F)F. The van der Waals surface area contributed by atoms with Crippen LogP contribution in [0.4, 0.5) is 8.78 Å². The van der Waals surface area contributed by atoms with Gasteiger partial charge in [-0.1, -0.05) is 5.21 Å². The van der Waals surface area contributed by atoms with Gasteiger partial charge >= 0.3 is 5.97 Å². The molecule has 0 saturated carbocycles. The van der Waals surface area contributed by atoms with Crippen LogP contribution in [0.1, 0.15) is 43.4 Å². The zero-order chi connectivity index (χ0) is 16.2. The molecule has 0 fully saturated rings. The van der Waals surface area contributed by atoms with Gasteiger partial charge in [-0.2, -0.15) is 0 Å². The third-order valence-electron chi connectivity index (χ3n) is 2.90. The molecule has 21 heavy (non-hydrogen) atoms. The molecule has 1 aromatic heterocycles. The Morgan fingerprint density at radius 1 is 1.38 bits per heavy atom. The Labute approximate surface area is 120 Å². The maximum Gasteiger partial charge on any atom is 0.361 e. The highest BCUT2D eigenvalue weighted by atomic mass is 19.3. The van der Waals surface area contributed by atoms with Gasteiger partial charge in [-0.05, 0) is 20.8 Å². The first-order valence-electron chi connectivity index (χ1n) is 6.43. The van der Waals surface area contributed by atoms with E-state index in [0.29, 0.717) is 0 Å². The molecule has 0 bridgehead atoms. The molecule has 0 aliphatic carbocycles. The molecule has 0 aliphatic rings. The van der Waals surface area contributed by atoms with Crippen LogP contribution in [-0.2, 0) is 16.1 Å². The lowest BCUT2D eigenvalue weighted by atomic mass is 10.3. The van der Waals surface area contributed by atoms with E-state index in [1.165, 1.54) is 4.90 Å². The van der Waals surface area contributed by atoms with Crippen molar-refractivity contribution >= 4 is 11.9 Å². The smallest absolute Gasteiger partial charge is 0.361 e. The van der Waals surface area contributed by atoms with Crippen LogP contribution >= 0.6 is 0 Å². The largest absolute Gasteiger partial charge is 0.461 e. The first-order valence-corrected chi connectivity index (χ1v) is 6.43. The first-order chi connectivity index (χ1) is 9.79. The Kier molecular flexibility index (Phi) is 5.74. The number of halogens is 2. The third-order valence-corrected chi connectivity index (χ3v) is 2.90. The molecule has 0 aromatic carbocycles. The molecule has 0 radical (unpaired) electrons. The molecule has 118 valence electrons. The minimum absolute atomic E-state index is 0.0311. The van der Waals surface area contributed by atoms with Gasteiger partial charge in [0.25, 0.3) is 6.43 Å². The summed E-state index contributed by atoms with van der Waals surface area (Å²) in [6.45, 7) is 4.74. The van der Waals surface area contributed by atoms with Crippen molar-refractivity contribution in [2.75, 3.05) is 13.7 Å². The van der Waals surface area contributed by atoms with Gasteiger partial charge in [0.15, 0.2) is 5.69 Å². The molecule has 0 aliphatic heterocycles. The lowest BCUT2D eigenvalue weighted by Crippen LogP contribution is -2.36. The maximum atomic E-state index is 13.1. The van der Waals surface area contributed by atoms with E-state index >= 15 is 0 Å². The number of aromatic nitrogens is 3. The van der Waals surface area contributed by atoms with Crippen LogP contribution < -0.4 is 0 Å². The molecule has 0 saturated heterocycles. The molecule has 1 rings (SSSR count). The second-order valence-corrected chi connectivity index (χ2v) is 4.60. The summed E-state index contributed by atoms with van der Waals surface area (Å²) in [5.41, 5.74) is -1.27. The molecule has 0 N–H and O–H groups in total. The number of hydrogen-bond acceptors (Lipinski definition) is 5. The Hall–Kier alpha value is -2.06. The molecule has 0 spiro atoms. The average molecular weight is 304 g/mol. The maximum absolute atomic E-state index is 13.1. The van der Waals surface area contributed by atoms with E-state index < -0.39 is 36.2 Å². The topological polar surface area (TPSA) is 77.3 Å². The van der Waals surface area contributed by atoms with E-state index in [2.05, 4.69) is 15.0 Å². The van der Waals surface area contributed by atoms with Crippen molar-refractivity contribution in [1.29, 1.82) is 0 Å². The second-order valence-electron chi connectivity index (χ2n) is 4.60. The number of carbonyl (C=O) groups excluding carboxylic acids is 2. The summed E-state index contributed by atoms with van der Waals surface area (Å²) in [5, 5.41) is 6.86. The fourth-order valence-corrected chi connectivity index (χ4v) is 1.53. The number of hydrogen-bond donors (Lipinski definition) is 0. The van der Waals surface area contributed by atoms with Crippen molar-refractivity contribution in [2.45, 2.75) is 39.8 Å². The van der Waals surface area contributed by atoms with Gasteiger partial charge in [0.2, 0.25) is 5.91 Å². The van der Waals surface area contributed by atoms with Gasteiger partial charge in [0.1, 0.15) is 12.2 Å². The van der Waals surface area contributed by atoms with Crippen LogP contribution in [0, 0.1) is 0 Å². The van der Waals surface area contributed by atoms with Gasteiger partial charge in [0.05, 0.1) is 6.61 Å². The first kappa shape index (κ1) is 17.0. The zero-order valence-corrected chi connectivity index (χ0v) is 12.3. The lowest BCUT2D eigenvalue weighted by Gasteiger charge is -2.21. The minimum atomic E-state index is -2.99. The highest BCUT2D eigenvalue weighted by Crippen LogP contribution is 2.22. The second kappa shape index (κ2) is 7.09. The monoisotopic (exact) mass is 304 g/mol. The number of esters is 1. The lowest BCUT2D eigenvalue weighted by molar-refractivity contribution is -0.132. The van der Waals surface area contributed by atoms with Crippen LogP contribution in [0.5, 0.6) is 0 Å². The van der Waals surface area contributed by atoms with E-state index in [0.717, 1.165) is 4.68 Å². The number of ether oxygens (including phenoxy) is 1. The number of amides is 1. The summed E-state index contributed by atoms with van der Waals surface area (Å²) in [4.78, 5) is 24.8.